The molecular formula is C14H28N2. The Morgan fingerprint density at radius 2 is 2.06 bits per heavy atom. The molecule has 2 nitrogen and oxygen atoms in total. The van der Waals surface area contributed by atoms with Gasteiger partial charge in [0.1, 0.15) is 0 Å². The second-order valence-electron chi connectivity index (χ2n) is 4.89. The van der Waals surface area contributed by atoms with Crippen LogP contribution in [0.25, 0.3) is 0 Å². The van der Waals surface area contributed by atoms with Gasteiger partial charge in [-0.1, -0.05) is 38.3 Å². The molecular weight excluding hydrogens is 196 g/mol. The van der Waals surface area contributed by atoms with Crippen LogP contribution in [0.15, 0.2) is 12.2 Å². The van der Waals surface area contributed by atoms with Crippen molar-refractivity contribution >= 4 is 0 Å². The van der Waals surface area contributed by atoms with E-state index in [2.05, 4.69) is 24.4 Å². The SMILES string of the molecule is CCC(C=CCCNCN)C1CCCCC1. The normalized spacial score (nSPS) is 20.4. The topological polar surface area (TPSA) is 38.0 Å². The van der Waals surface area contributed by atoms with Crippen molar-refractivity contribution in [2.75, 3.05) is 13.2 Å². The van der Waals surface area contributed by atoms with Crippen molar-refractivity contribution in [3.05, 3.63) is 12.2 Å². The van der Waals surface area contributed by atoms with Gasteiger partial charge in [0.2, 0.25) is 0 Å². The van der Waals surface area contributed by atoms with E-state index in [0.717, 1.165) is 24.8 Å². The molecule has 1 rings (SSSR count). The molecule has 16 heavy (non-hydrogen) atoms. The first-order valence-electron chi connectivity index (χ1n) is 6.96. The fourth-order valence-corrected chi connectivity index (χ4v) is 2.75. The Morgan fingerprint density at radius 1 is 1.31 bits per heavy atom. The summed E-state index contributed by atoms with van der Waals surface area (Å²) in [6, 6.07) is 0. The van der Waals surface area contributed by atoms with Gasteiger partial charge >= 0.3 is 0 Å². The van der Waals surface area contributed by atoms with Gasteiger partial charge in [0.15, 0.2) is 0 Å². The lowest BCUT2D eigenvalue weighted by molar-refractivity contribution is 0.280. The maximum Gasteiger partial charge on any atom is 0.0428 e. The van der Waals surface area contributed by atoms with Crippen molar-refractivity contribution in [3.63, 3.8) is 0 Å². The molecule has 0 aromatic rings. The first kappa shape index (κ1) is 13.7. The monoisotopic (exact) mass is 224 g/mol. The summed E-state index contributed by atoms with van der Waals surface area (Å²) in [4.78, 5) is 0. The minimum atomic E-state index is 0.591. The summed E-state index contributed by atoms with van der Waals surface area (Å²) in [5, 5.41) is 3.15. The number of allylic oxidation sites excluding steroid dienone is 1. The lowest BCUT2D eigenvalue weighted by Gasteiger charge is -2.27. The van der Waals surface area contributed by atoms with Crippen LogP contribution in [0.4, 0.5) is 0 Å². The van der Waals surface area contributed by atoms with E-state index in [1.165, 1.54) is 38.5 Å². The molecule has 0 bridgehead atoms. The summed E-state index contributed by atoms with van der Waals surface area (Å²) in [6.07, 6.45) is 14.4. The highest BCUT2D eigenvalue weighted by molar-refractivity contribution is 4.92. The summed E-state index contributed by atoms with van der Waals surface area (Å²) < 4.78 is 0. The quantitative estimate of drug-likeness (QED) is 0.396. The molecule has 0 saturated heterocycles. The molecule has 0 aliphatic heterocycles. The van der Waals surface area contributed by atoms with Crippen LogP contribution < -0.4 is 11.1 Å². The molecule has 1 unspecified atom stereocenters. The smallest absolute Gasteiger partial charge is 0.0428 e. The molecule has 1 fully saturated rings. The van der Waals surface area contributed by atoms with Gasteiger partial charge in [-0.3, -0.25) is 0 Å². The highest BCUT2D eigenvalue weighted by Gasteiger charge is 2.19. The van der Waals surface area contributed by atoms with Crippen molar-refractivity contribution in [2.45, 2.75) is 51.9 Å². The summed E-state index contributed by atoms with van der Waals surface area (Å²) in [5.41, 5.74) is 5.38. The third kappa shape index (κ3) is 5.13. The zero-order valence-corrected chi connectivity index (χ0v) is 10.8. The third-order valence-electron chi connectivity index (χ3n) is 3.74. The Morgan fingerprint density at radius 3 is 2.69 bits per heavy atom. The van der Waals surface area contributed by atoms with Gasteiger partial charge in [0, 0.05) is 6.67 Å². The van der Waals surface area contributed by atoms with Crippen molar-refractivity contribution in [1.82, 2.24) is 5.32 Å². The Labute approximate surface area is 101 Å². The van der Waals surface area contributed by atoms with Crippen molar-refractivity contribution in [1.29, 1.82) is 0 Å². The molecule has 94 valence electrons. The molecule has 0 amide bonds. The first-order valence-corrected chi connectivity index (χ1v) is 6.96. The van der Waals surface area contributed by atoms with Gasteiger partial charge in [-0.05, 0) is 44.1 Å². The van der Waals surface area contributed by atoms with Gasteiger partial charge in [-0.2, -0.15) is 0 Å². The van der Waals surface area contributed by atoms with Gasteiger partial charge in [0.25, 0.3) is 0 Å². The number of hydrogen-bond donors (Lipinski definition) is 2. The van der Waals surface area contributed by atoms with E-state index in [1.807, 2.05) is 0 Å². The minimum absolute atomic E-state index is 0.591. The van der Waals surface area contributed by atoms with E-state index in [-0.39, 0.29) is 0 Å². The number of nitrogens with two attached hydrogens (primary N) is 1. The molecule has 2 heteroatoms. The molecule has 1 saturated carbocycles. The van der Waals surface area contributed by atoms with Gasteiger partial charge in [-0.25, -0.2) is 0 Å². The van der Waals surface area contributed by atoms with E-state index >= 15 is 0 Å². The molecule has 1 atom stereocenters. The van der Waals surface area contributed by atoms with Crippen molar-refractivity contribution < 1.29 is 0 Å². The number of rotatable bonds is 7. The summed E-state index contributed by atoms with van der Waals surface area (Å²) in [6.45, 7) is 3.92. The van der Waals surface area contributed by atoms with Crippen LogP contribution in [0.1, 0.15) is 51.9 Å². The Kier molecular flexibility index (Phi) is 7.52. The largest absolute Gasteiger partial charge is 0.318 e. The molecule has 0 radical (unpaired) electrons. The molecule has 1 aliphatic carbocycles. The number of hydrogen-bond acceptors (Lipinski definition) is 2. The lowest BCUT2D eigenvalue weighted by atomic mass is 9.78. The fourth-order valence-electron chi connectivity index (χ4n) is 2.75. The van der Waals surface area contributed by atoms with Crippen LogP contribution in [0, 0.1) is 11.8 Å². The average molecular weight is 224 g/mol. The predicted molar refractivity (Wildman–Crippen MR) is 71.2 cm³/mol. The molecule has 0 heterocycles. The Balaban J connectivity index is 2.23. The average Bonchev–Trinajstić information content (AvgIpc) is 2.35. The van der Waals surface area contributed by atoms with Gasteiger partial charge in [0.05, 0.1) is 0 Å². The second-order valence-corrected chi connectivity index (χ2v) is 4.89. The molecule has 0 aromatic heterocycles. The summed E-state index contributed by atoms with van der Waals surface area (Å²) in [5.74, 6) is 1.77. The van der Waals surface area contributed by atoms with E-state index in [9.17, 15) is 0 Å². The summed E-state index contributed by atoms with van der Waals surface area (Å²) >= 11 is 0. The van der Waals surface area contributed by atoms with Crippen LogP contribution in [0.2, 0.25) is 0 Å². The van der Waals surface area contributed by atoms with Crippen LogP contribution in [0.3, 0.4) is 0 Å². The van der Waals surface area contributed by atoms with Crippen molar-refractivity contribution in [2.24, 2.45) is 17.6 Å². The highest BCUT2D eigenvalue weighted by Crippen LogP contribution is 2.32. The zero-order valence-electron chi connectivity index (χ0n) is 10.8. The Bertz CT molecular complexity index is 183. The lowest BCUT2D eigenvalue weighted by Crippen LogP contribution is -2.22. The highest BCUT2D eigenvalue weighted by atomic mass is 14.9. The molecule has 0 spiro atoms. The first-order chi connectivity index (χ1) is 7.88. The minimum Gasteiger partial charge on any atom is -0.318 e. The second kappa shape index (κ2) is 8.77. The van der Waals surface area contributed by atoms with E-state index < -0.39 is 0 Å². The van der Waals surface area contributed by atoms with Gasteiger partial charge < -0.3 is 11.1 Å². The molecule has 3 N–H and O–H groups in total. The fraction of sp³-hybridized carbons (Fsp3) is 0.857. The predicted octanol–water partition coefficient (Wildman–Crippen LogP) is 3.05. The van der Waals surface area contributed by atoms with Crippen molar-refractivity contribution in [3.8, 4) is 0 Å². The van der Waals surface area contributed by atoms with Gasteiger partial charge in [-0.15, -0.1) is 0 Å². The van der Waals surface area contributed by atoms with Crippen LogP contribution in [-0.4, -0.2) is 13.2 Å². The number of nitrogens with one attached hydrogen (secondary N) is 1. The maximum absolute atomic E-state index is 5.38. The Hall–Kier alpha value is -0.340. The molecule has 0 aromatic carbocycles. The maximum atomic E-state index is 5.38. The zero-order chi connectivity index (χ0) is 11.6. The van der Waals surface area contributed by atoms with Crippen LogP contribution in [-0.2, 0) is 0 Å². The van der Waals surface area contributed by atoms with E-state index in [4.69, 9.17) is 5.73 Å². The molecule has 1 aliphatic rings. The van der Waals surface area contributed by atoms with Crippen LogP contribution in [0.5, 0.6) is 0 Å². The summed E-state index contributed by atoms with van der Waals surface area (Å²) in [7, 11) is 0. The van der Waals surface area contributed by atoms with E-state index in [0.29, 0.717) is 6.67 Å². The third-order valence-corrected chi connectivity index (χ3v) is 3.74. The van der Waals surface area contributed by atoms with E-state index in [1.54, 1.807) is 0 Å². The standard InChI is InChI=1S/C14H28N2/c1-2-13(8-6-7-11-16-12-15)14-9-4-3-5-10-14/h6,8,13-14,16H,2-5,7,9-12,15H2,1H3. The van der Waals surface area contributed by atoms with Crippen LogP contribution >= 0.6 is 0 Å².